The Morgan fingerprint density at radius 1 is 1.13 bits per heavy atom. The molecule has 30 heavy (non-hydrogen) atoms. The molecule has 0 spiro atoms. The molecule has 160 valence electrons. The third-order valence-corrected chi connectivity index (χ3v) is 4.51. The number of aryl methyl sites for hydroxylation is 2. The quantitative estimate of drug-likeness (QED) is 0.507. The van der Waals surface area contributed by atoms with Gasteiger partial charge in [-0.3, -0.25) is 14.4 Å². The Labute approximate surface area is 175 Å². The summed E-state index contributed by atoms with van der Waals surface area (Å²) in [5.41, 5.74) is 2.76. The van der Waals surface area contributed by atoms with Crippen LogP contribution in [0.1, 0.15) is 61.9 Å². The third kappa shape index (κ3) is 5.34. The molecule has 1 aromatic heterocycles. The SMILES string of the molecule is CCOC(=O)c1c(C)[nH]c(C(=O)[C@@H](C)OC(=O)CNC(=O)c2cccc(C)c2)c1C. The van der Waals surface area contributed by atoms with E-state index in [4.69, 9.17) is 9.47 Å². The van der Waals surface area contributed by atoms with Gasteiger partial charge >= 0.3 is 11.9 Å². The molecule has 1 heterocycles. The van der Waals surface area contributed by atoms with Gasteiger partial charge in [-0.2, -0.15) is 0 Å². The van der Waals surface area contributed by atoms with Crippen molar-refractivity contribution in [3.8, 4) is 0 Å². The lowest BCUT2D eigenvalue weighted by Crippen LogP contribution is -2.34. The Bertz CT molecular complexity index is 976. The zero-order valence-electron chi connectivity index (χ0n) is 17.8. The van der Waals surface area contributed by atoms with E-state index in [2.05, 4.69) is 10.3 Å². The van der Waals surface area contributed by atoms with Crippen LogP contribution in [0.3, 0.4) is 0 Å². The van der Waals surface area contributed by atoms with Crippen molar-refractivity contribution >= 4 is 23.6 Å². The van der Waals surface area contributed by atoms with Crippen molar-refractivity contribution in [1.82, 2.24) is 10.3 Å². The highest BCUT2D eigenvalue weighted by Gasteiger charge is 2.27. The number of rotatable bonds is 8. The number of H-pyrrole nitrogens is 1. The van der Waals surface area contributed by atoms with E-state index >= 15 is 0 Å². The standard InChI is InChI=1S/C22H26N2O6/c1-6-29-22(28)18-13(3)19(24-14(18)4)20(26)15(5)30-17(25)11-23-21(27)16-9-7-8-12(2)10-16/h7-10,15,24H,6,11H2,1-5H3,(H,23,27)/t15-/m1/s1. The van der Waals surface area contributed by atoms with E-state index in [0.717, 1.165) is 5.56 Å². The Kier molecular flexibility index (Phi) is 7.52. The average molecular weight is 414 g/mol. The Morgan fingerprint density at radius 3 is 2.47 bits per heavy atom. The van der Waals surface area contributed by atoms with Crippen LogP contribution >= 0.6 is 0 Å². The second kappa shape index (κ2) is 9.87. The number of carbonyl (C=O) groups excluding carboxylic acids is 4. The second-order valence-electron chi connectivity index (χ2n) is 6.89. The molecule has 1 amide bonds. The van der Waals surface area contributed by atoms with E-state index in [0.29, 0.717) is 22.4 Å². The number of esters is 2. The van der Waals surface area contributed by atoms with Crippen molar-refractivity contribution in [3.05, 3.63) is 57.9 Å². The third-order valence-electron chi connectivity index (χ3n) is 4.51. The number of aromatic amines is 1. The molecule has 0 aliphatic rings. The molecule has 0 bridgehead atoms. The molecule has 0 radical (unpaired) electrons. The Morgan fingerprint density at radius 2 is 1.83 bits per heavy atom. The number of hydrogen-bond acceptors (Lipinski definition) is 6. The number of amides is 1. The van der Waals surface area contributed by atoms with Crippen LogP contribution in [-0.4, -0.2) is 47.9 Å². The first-order chi connectivity index (χ1) is 14.1. The maximum atomic E-state index is 12.7. The highest BCUT2D eigenvalue weighted by Crippen LogP contribution is 2.21. The van der Waals surface area contributed by atoms with Gasteiger partial charge in [0.1, 0.15) is 6.54 Å². The largest absolute Gasteiger partial charge is 0.462 e. The monoisotopic (exact) mass is 414 g/mol. The molecule has 0 unspecified atom stereocenters. The lowest BCUT2D eigenvalue weighted by atomic mass is 10.1. The summed E-state index contributed by atoms with van der Waals surface area (Å²) in [6, 6.07) is 6.94. The fourth-order valence-corrected chi connectivity index (χ4v) is 3.04. The van der Waals surface area contributed by atoms with Crippen molar-refractivity contribution in [2.75, 3.05) is 13.2 Å². The van der Waals surface area contributed by atoms with Crippen LogP contribution in [0.4, 0.5) is 0 Å². The zero-order valence-corrected chi connectivity index (χ0v) is 17.8. The first-order valence-corrected chi connectivity index (χ1v) is 9.60. The molecular weight excluding hydrogens is 388 g/mol. The van der Waals surface area contributed by atoms with Crippen LogP contribution in [0, 0.1) is 20.8 Å². The lowest BCUT2D eigenvalue weighted by molar-refractivity contribution is -0.145. The number of ketones is 1. The van der Waals surface area contributed by atoms with Crippen LogP contribution in [0.15, 0.2) is 24.3 Å². The van der Waals surface area contributed by atoms with Crippen LogP contribution in [-0.2, 0) is 14.3 Å². The fraction of sp³-hybridized carbons (Fsp3) is 0.364. The molecule has 0 fully saturated rings. The van der Waals surface area contributed by atoms with Crippen LogP contribution in [0.2, 0.25) is 0 Å². The molecule has 2 N–H and O–H groups in total. The van der Waals surface area contributed by atoms with Gasteiger partial charge in [0.15, 0.2) is 6.10 Å². The van der Waals surface area contributed by atoms with E-state index in [9.17, 15) is 19.2 Å². The molecule has 0 aliphatic heterocycles. The van der Waals surface area contributed by atoms with Crippen molar-refractivity contribution in [1.29, 1.82) is 0 Å². The van der Waals surface area contributed by atoms with E-state index in [-0.39, 0.29) is 18.8 Å². The molecule has 0 aliphatic carbocycles. The normalized spacial score (nSPS) is 11.5. The molecule has 1 aromatic carbocycles. The first-order valence-electron chi connectivity index (χ1n) is 9.60. The number of nitrogens with one attached hydrogen (secondary N) is 2. The van der Waals surface area contributed by atoms with Gasteiger partial charge in [-0.1, -0.05) is 17.7 Å². The Hall–Kier alpha value is -3.42. The maximum absolute atomic E-state index is 12.7. The van der Waals surface area contributed by atoms with Crippen LogP contribution < -0.4 is 5.32 Å². The van der Waals surface area contributed by atoms with Gasteiger partial charge in [-0.25, -0.2) is 4.79 Å². The fourth-order valence-electron chi connectivity index (χ4n) is 3.04. The molecular formula is C22H26N2O6. The molecule has 0 saturated carbocycles. The lowest BCUT2D eigenvalue weighted by Gasteiger charge is -2.13. The van der Waals surface area contributed by atoms with E-state index in [1.165, 1.54) is 6.92 Å². The Balaban J connectivity index is 1.98. The van der Waals surface area contributed by atoms with Gasteiger partial charge in [0.25, 0.3) is 5.91 Å². The molecule has 8 nitrogen and oxygen atoms in total. The van der Waals surface area contributed by atoms with Gasteiger partial charge in [-0.15, -0.1) is 0 Å². The number of hydrogen-bond donors (Lipinski definition) is 2. The van der Waals surface area contributed by atoms with Gasteiger partial charge in [0.2, 0.25) is 5.78 Å². The van der Waals surface area contributed by atoms with Crippen LogP contribution in [0.25, 0.3) is 0 Å². The number of benzene rings is 1. The van der Waals surface area contributed by atoms with Crippen molar-refractivity contribution in [2.24, 2.45) is 0 Å². The number of ether oxygens (including phenoxy) is 2. The summed E-state index contributed by atoms with van der Waals surface area (Å²) >= 11 is 0. The molecule has 2 aromatic rings. The summed E-state index contributed by atoms with van der Waals surface area (Å²) in [6.45, 7) is 8.11. The van der Waals surface area contributed by atoms with E-state index in [1.54, 1.807) is 39.0 Å². The summed E-state index contributed by atoms with van der Waals surface area (Å²) in [4.78, 5) is 51.8. The van der Waals surface area contributed by atoms with Gasteiger partial charge < -0.3 is 19.8 Å². The minimum atomic E-state index is -1.10. The minimum absolute atomic E-state index is 0.180. The summed E-state index contributed by atoms with van der Waals surface area (Å²) < 4.78 is 10.2. The molecule has 2 rings (SSSR count). The highest BCUT2D eigenvalue weighted by molar-refractivity contribution is 6.04. The van der Waals surface area contributed by atoms with Gasteiger partial charge in [0, 0.05) is 11.3 Å². The first kappa shape index (κ1) is 22.9. The van der Waals surface area contributed by atoms with Crippen molar-refractivity contribution in [3.63, 3.8) is 0 Å². The average Bonchev–Trinajstić information content (AvgIpc) is 2.99. The van der Waals surface area contributed by atoms with Gasteiger partial charge in [0.05, 0.1) is 17.9 Å². The predicted molar refractivity (Wildman–Crippen MR) is 110 cm³/mol. The maximum Gasteiger partial charge on any atom is 0.340 e. The summed E-state index contributed by atoms with van der Waals surface area (Å²) in [5, 5.41) is 2.47. The number of aromatic nitrogens is 1. The molecule has 8 heteroatoms. The van der Waals surface area contributed by atoms with Crippen molar-refractivity contribution in [2.45, 2.75) is 40.7 Å². The summed E-state index contributed by atoms with van der Waals surface area (Å²) in [6.07, 6.45) is -1.10. The zero-order chi connectivity index (χ0) is 22.4. The number of carbonyl (C=O) groups is 4. The number of Topliss-reactive ketones (excluding diaryl/α,β-unsaturated/α-hetero) is 1. The van der Waals surface area contributed by atoms with E-state index in [1.807, 2.05) is 13.0 Å². The van der Waals surface area contributed by atoms with Crippen LogP contribution in [0.5, 0.6) is 0 Å². The van der Waals surface area contributed by atoms with E-state index < -0.39 is 29.7 Å². The topological polar surface area (TPSA) is 115 Å². The summed E-state index contributed by atoms with van der Waals surface area (Å²) in [7, 11) is 0. The predicted octanol–water partition coefficient (Wildman–Crippen LogP) is 2.66. The second-order valence-corrected chi connectivity index (χ2v) is 6.89. The summed E-state index contributed by atoms with van der Waals surface area (Å²) in [5.74, 6) is -2.16. The smallest absolute Gasteiger partial charge is 0.340 e. The minimum Gasteiger partial charge on any atom is -0.462 e. The molecule has 1 atom stereocenters. The van der Waals surface area contributed by atoms with Crippen molar-refractivity contribution < 1.29 is 28.7 Å². The van der Waals surface area contributed by atoms with Gasteiger partial charge in [-0.05, 0) is 52.3 Å². The molecule has 0 saturated heterocycles. The highest BCUT2D eigenvalue weighted by atomic mass is 16.5.